The normalized spacial score (nSPS) is 9.74. The van der Waals surface area contributed by atoms with Gasteiger partial charge in [-0.15, -0.1) is 0 Å². The molecule has 0 radical (unpaired) electrons. The lowest BCUT2D eigenvalue weighted by Gasteiger charge is -2.08. The molecule has 0 aliphatic rings. The maximum absolute atomic E-state index is 8.93. The lowest BCUT2D eigenvalue weighted by Crippen LogP contribution is -1.96. The molecule has 2 aromatic rings. The molecule has 0 amide bonds. The zero-order valence-electron chi connectivity index (χ0n) is 10.4. The van der Waals surface area contributed by atoms with Gasteiger partial charge in [0.15, 0.2) is 0 Å². The van der Waals surface area contributed by atoms with Gasteiger partial charge in [0.25, 0.3) is 0 Å². The molecule has 2 rings (SSSR count). The van der Waals surface area contributed by atoms with Crippen LogP contribution in [0.5, 0.6) is 11.5 Å². The molecule has 0 saturated heterocycles. The van der Waals surface area contributed by atoms with E-state index in [9.17, 15) is 0 Å². The van der Waals surface area contributed by atoms with Crippen molar-refractivity contribution in [1.82, 2.24) is 0 Å². The Hall–Kier alpha value is -1.99. The van der Waals surface area contributed by atoms with Gasteiger partial charge < -0.3 is 9.47 Å². The van der Waals surface area contributed by atoms with Gasteiger partial charge in [0.05, 0.1) is 18.7 Å². The van der Waals surface area contributed by atoms with E-state index in [0.29, 0.717) is 23.7 Å². The fourth-order valence-electron chi connectivity index (χ4n) is 1.58. The molecule has 0 aliphatic carbocycles. The molecular formula is C15H12BrNO2. The second-order valence-electron chi connectivity index (χ2n) is 3.92. The smallest absolute Gasteiger partial charge is 0.124 e. The van der Waals surface area contributed by atoms with Crippen molar-refractivity contribution in [3.05, 3.63) is 58.1 Å². The van der Waals surface area contributed by atoms with Crippen molar-refractivity contribution in [2.75, 3.05) is 7.11 Å². The molecule has 0 aromatic heterocycles. The fourth-order valence-corrected chi connectivity index (χ4v) is 1.85. The zero-order chi connectivity index (χ0) is 13.7. The topological polar surface area (TPSA) is 42.2 Å². The summed E-state index contributed by atoms with van der Waals surface area (Å²) in [6.07, 6.45) is 0. The summed E-state index contributed by atoms with van der Waals surface area (Å²) >= 11 is 3.39. The molecule has 96 valence electrons. The Bertz CT molecular complexity index is 603. The van der Waals surface area contributed by atoms with Crippen LogP contribution in [0.25, 0.3) is 0 Å². The third kappa shape index (κ3) is 3.73. The van der Waals surface area contributed by atoms with Gasteiger partial charge in [0.1, 0.15) is 18.1 Å². The summed E-state index contributed by atoms with van der Waals surface area (Å²) in [6.45, 7) is 0.450. The summed E-state index contributed by atoms with van der Waals surface area (Å²) < 4.78 is 11.8. The van der Waals surface area contributed by atoms with Crippen LogP contribution in [-0.2, 0) is 6.61 Å². The van der Waals surface area contributed by atoms with E-state index < -0.39 is 0 Å². The van der Waals surface area contributed by atoms with E-state index in [2.05, 4.69) is 22.0 Å². The van der Waals surface area contributed by atoms with Gasteiger partial charge in [-0.05, 0) is 29.8 Å². The lowest BCUT2D eigenvalue weighted by molar-refractivity contribution is 0.303. The van der Waals surface area contributed by atoms with Gasteiger partial charge in [-0.2, -0.15) is 5.26 Å². The summed E-state index contributed by atoms with van der Waals surface area (Å²) in [4.78, 5) is 0. The van der Waals surface area contributed by atoms with Crippen molar-refractivity contribution in [3.8, 4) is 17.6 Å². The minimum atomic E-state index is 0.450. The molecule has 0 fully saturated rings. The molecule has 0 heterocycles. The molecule has 0 spiro atoms. The molecule has 0 bridgehead atoms. The third-order valence-electron chi connectivity index (χ3n) is 2.56. The highest BCUT2D eigenvalue weighted by Crippen LogP contribution is 2.23. The fraction of sp³-hybridized carbons (Fsp3) is 0.133. The lowest BCUT2D eigenvalue weighted by atomic mass is 10.2. The van der Waals surface area contributed by atoms with Crippen LogP contribution in [0, 0.1) is 11.3 Å². The van der Waals surface area contributed by atoms with Gasteiger partial charge in [-0.1, -0.05) is 28.1 Å². The van der Waals surface area contributed by atoms with Crippen LogP contribution in [0.15, 0.2) is 46.9 Å². The minimum Gasteiger partial charge on any atom is -0.497 e. The average molecular weight is 318 g/mol. The SMILES string of the molecule is COc1cc(C#N)cc(OCc2ccc(Br)cc2)c1. The number of hydrogen-bond acceptors (Lipinski definition) is 3. The molecule has 0 aliphatic heterocycles. The maximum Gasteiger partial charge on any atom is 0.124 e. The molecule has 4 heteroatoms. The van der Waals surface area contributed by atoms with Crippen LogP contribution in [0.1, 0.15) is 11.1 Å². The van der Waals surface area contributed by atoms with Crippen molar-refractivity contribution >= 4 is 15.9 Å². The monoisotopic (exact) mass is 317 g/mol. The second kappa shape index (κ2) is 6.26. The van der Waals surface area contributed by atoms with E-state index in [1.165, 1.54) is 0 Å². The van der Waals surface area contributed by atoms with Crippen molar-refractivity contribution in [3.63, 3.8) is 0 Å². The van der Waals surface area contributed by atoms with Crippen LogP contribution < -0.4 is 9.47 Å². The summed E-state index contributed by atoms with van der Waals surface area (Å²) in [5.74, 6) is 1.24. The van der Waals surface area contributed by atoms with Crippen LogP contribution in [0.3, 0.4) is 0 Å². The molecule has 2 aromatic carbocycles. The minimum absolute atomic E-state index is 0.450. The summed E-state index contributed by atoms with van der Waals surface area (Å²) in [5.41, 5.74) is 1.58. The number of methoxy groups -OCH3 is 1. The molecule has 0 saturated carbocycles. The average Bonchev–Trinajstić information content (AvgIpc) is 2.46. The largest absolute Gasteiger partial charge is 0.497 e. The molecule has 0 atom stereocenters. The number of nitriles is 1. The Morgan fingerprint density at radius 2 is 1.79 bits per heavy atom. The van der Waals surface area contributed by atoms with E-state index in [0.717, 1.165) is 10.0 Å². The number of rotatable bonds is 4. The molecule has 0 unspecified atom stereocenters. The van der Waals surface area contributed by atoms with E-state index >= 15 is 0 Å². The van der Waals surface area contributed by atoms with Gasteiger partial charge in [-0.25, -0.2) is 0 Å². The quantitative estimate of drug-likeness (QED) is 0.858. The predicted molar refractivity (Wildman–Crippen MR) is 76.2 cm³/mol. The maximum atomic E-state index is 8.93. The molecule has 19 heavy (non-hydrogen) atoms. The Kier molecular flexibility index (Phi) is 4.43. The van der Waals surface area contributed by atoms with Crippen LogP contribution >= 0.6 is 15.9 Å². The van der Waals surface area contributed by atoms with Crippen LogP contribution in [0.4, 0.5) is 0 Å². The van der Waals surface area contributed by atoms with Gasteiger partial charge in [0.2, 0.25) is 0 Å². The zero-order valence-corrected chi connectivity index (χ0v) is 12.0. The summed E-state index contributed by atoms with van der Waals surface area (Å²) in [7, 11) is 1.56. The first kappa shape index (κ1) is 13.4. The first-order valence-corrected chi connectivity index (χ1v) is 6.47. The summed E-state index contributed by atoms with van der Waals surface area (Å²) in [6, 6.07) is 15.1. The first-order chi connectivity index (χ1) is 9.21. The highest BCUT2D eigenvalue weighted by molar-refractivity contribution is 9.10. The number of ether oxygens (including phenoxy) is 2. The van der Waals surface area contributed by atoms with Crippen molar-refractivity contribution < 1.29 is 9.47 Å². The second-order valence-corrected chi connectivity index (χ2v) is 4.84. The van der Waals surface area contributed by atoms with Crippen molar-refractivity contribution in [2.45, 2.75) is 6.61 Å². The molecule has 3 nitrogen and oxygen atoms in total. The summed E-state index contributed by atoms with van der Waals surface area (Å²) in [5, 5.41) is 8.93. The standard InChI is InChI=1S/C15H12BrNO2/c1-18-14-6-12(9-17)7-15(8-14)19-10-11-2-4-13(16)5-3-11/h2-8H,10H2,1H3. The Morgan fingerprint density at radius 1 is 1.11 bits per heavy atom. The van der Waals surface area contributed by atoms with E-state index in [4.69, 9.17) is 14.7 Å². The van der Waals surface area contributed by atoms with Gasteiger partial charge in [0, 0.05) is 10.5 Å². The number of benzene rings is 2. The third-order valence-corrected chi connectivity index (χ3v) is 3.09. The number of hydrogen-bond donors (Lipinski definition) is 0. The molecule has 0 N–H and O–H groups in total. The first-order valence-electron chi connectivity index (χ1n) is 5.67. The highest BCUT2D eigenvalue weighted by Gasteiger charge is 2.02. The van der Waals surface area contributed by atoms with Crippen LogP contribution in [-0.4, -0.2) is 7.11 Å². The Morgan fingerprint density at radius 3 is 2.42 bits per heavy atom. The van der Waals surface area contributed by atoms with Crippen LogP contribution in [0.2, 0.25) is 0 Å². The van der Waals surface area contributed by atoms with Crippen molar-refractivity contribution in [1.29, 1.82) is 5.26 Å². The number of nitrogens with zero attached hydrogens (tertiary/aromatic N) is 1. The van der Waals surface area contributed by atoms with E-state index in [-0.39, 0.29) is 0 Å². The van der Waals surface area contributed by atoms with Gasteiger partial charge in [-0.3, -0.25) is 0 Å². The van der Waals surface area contributed by atoms with Gasteiger partial charge >= 0.3 is 0 Å². The Balaban J connectivity index is 2.11. The van der Waals surface area contributed by atoms with Crippen molar-refractivity contribution in [2.24, 2.45) is 0 Å². The van der Waals surface area contributed by atoms with E-state index in [1.807, 2.05) is 24.3 Å². The highest BCUT2D eigenvalue weighted by atomic mass is 79.9. The molecular weight excluding hydrogens is 306 g/mol. The van der Waals surface area contributed by atoms with E-state index in [1.54, 1.807) is 25.3 Å². The predicted octanol–water partition coefficient (Wildman–Crippen LogP) is 3.91. The number of halogens is 1. The Labute approximate surface area is 120 Å².